The molecule has 0 aliphatic rings. The molecule has 0 unspecified atom stereocenters. The highest BCUT2D eigenvalue weighted by Gasteiger charge is 3.06. The second-order valence-electron chi connectivity index (χ2n) is 12.3. The van der Waals surface area contributed by atoms with E-state index in [1.54, 1.807) is 0 Å². The summed E-state index contributed by atoms with van der Waals surface area (Å²) in [6.07, 6.45) is -37.5. The summed E-state index contributed by atoms with van der Waals surface area (Å²) in [6, 6.07) is -10.6. The standard InChI is InChI=1S/C21F46N.BrH/c22-1(23,3(26,27)5(30,31)7(34,35)9(38,39)11(42,43)13(46,47)15(50,51)17(54,55)56)2(24,25)4(28,29)6(32,33)8(36,37)10(40,41)12(44,45)14(48,49)16(52,53)18(57,58)68(19(59,60)61,20(62,63)64)21(65,66)67;/h;1H/q+1;/p-1. The highest BCUT2D eigenvalue weighted by molar-refractivity contribution is 5.23. The van der Waals surface area contributed by atoms with Crippen molar-refractivity contribution in [2.45, 2.75) is 126 Å². The molecule has 1 nitrogen and oxygen atoms in total. The fraction of sp³-hybridized carbons (Fsp3) is 1.00. The molecule has 0 saturated carbocycles. The molecule has 0 aromatic rings. The lowest BCUT2D eigenvalue weighted by Gasteiger charge is -2.48. The first-order valence-corrected chi connectivity index (χ1v) is 13.8. The van der Waals surface area contributed by atoms with E-state index in [1.807, 2.05) is 0 Å². The first-order chi connectivity index (χ1) is 28.2. The van der Waals surface area contributed by atoms with Crippen molar-refractivity contribution in [3.05, 3.63) is 0 Å². The first kappa shape index (κ1) is 68.3. The lowest BCUT2D eigenvalue weighted by Crippen LogP contribution is -3.00. The van der Waals surface area contributed by atoms with E-state index in [0.29, 0.717) is 0 Å². The summed E-state index contributed by atoms with van der Waals surface area (Å²) in [4.78, 5) is 0. The van der Waals surface area contributed by atoms with Crippen LogP contribution in [-0.2, 0) is 0 Å². The SMILES string of the molecule is FC(F)(F)C(F)(F)C(F)(F)C(F)(F)C(F)(F)C(F)(F)C(F)(F)C(F)(F)C(F)(F)C(F)(F)C(F)(F)C(F)(F)C(F)(F)C(F)(F)C(F)(F)C(F)(F)C(F)(F)C(F)(F)[N+](C(F)(F)F)(C(F)(F)F)C(F)(F)F.[Br-]. The Morgan fingerprint density at radius 1 is 0.145 bits per heavy atom. The monoisotopic (exact) mass is 1220 g/mol. The molecular weight excluding hydrogens is 1220 g/mol. The Hall–Kier alpha value is -2.78. The molecule has 0 N–H and O–H groups in total. The molecule has 0 rings (SSSR count). The fourth-order valence-corrected chi connectivity index (χ4v) is 4.25. The van der Waals surface area contributed by atoms with Gasteiger partial charge < -0.3 is 17.0 Å². The van der Waals surface area contributed by atoms with Gasteiger partial charge in [-0.1, -0.05) is 0 Å². The zero-order chi connectivity index (χ0) is 57.0. The van der Waals surface area contributed by atoms with Crippen LogP contribution in [0.3, 0.4) is 0 Å². The topological polar surface area (TPSA) is 0 Å². The van der Waals surface area contributed by atoms with E-state index < -0.39 is 130 Å². The van der Waals surface area contributed by atoms with Crippen LogP contribution in [0.25, 0.3) is 0 Å². The Kier molecular flexibility index (Phi) is 15.9. The van der Waals surface area contributed by atoms with Crippen molar-refractivity contribution in [1.82, 2.24) is 0 Å². The van der Waals surface area contributed by atoms with E-state index in [4.69, 9.17) is 0 Å². The van der Waals surface area contributed by atoms with Crippen LogP contribution in [-0.4, -0.2) is 130 Å². The van der Waals surface area contributed by atoms with E-state index in [9.17, 15) is 202 Å². The normalized spacial score (nSPS) is 17.3. The van der Waals surface area contributed by atoms with Gasteiger partial charge in [0.15, 0.2) is 0 Å². The third-order valence-electron chi connectivity index (χ3n) is 8.21. The molecule has 48 heteroatoms. The van der Waals surface area contributed by atoms with Crippen LogP contribution in [0.4, 0.5) is 202 Å². The van der Waals surface area contributed by atoms with Gasteiger partial charge in [0.2, 0.25) is 0 Å². The van der Waals surface area contributed by atoms with Gasteiger partial charge >= 0.3 is 126 Å². The molecule has 0 bridgehead atoms. The highest BCUT2D eigenvalue weighted by Crippen LogP contribution is 2.72. The van der Waals surface area contributed by atoms with Crippen LogP contribution in [0.2, 0.25) is 0 Å². The maximum absolute atomic E-state index is 14.0. The van der Waals surface area contributed by atoms with Crippen molar-refractivity contribution in [2.24, 2.45) is 0 Å². The minimum atomic E-state index is -10.9. The van der Waals surface area contributed by atoms with E-state index >= 15 is 0 Å². The molecule has 0 radical (unpaired) electrons. The van der Waals surface area contributed by atoms with E-state index in [2.05, 4.69) is 0 Å². The molecular formula is C21BrF46N. The number of alkyl halides is 46. The fourth-order valence-electron chi connectivity index (χ4n) is 4.25. The molecule has 0 aromatic carbocycles. The summed E-state index contributed by atoms with van der Waals surface area (Å²) in [7, 11) is 0. The predicted octanol–water partition coefficient (Wildman–Crippen LogP) is 11.7. The number of hydrogen-bond donors (Lipinski definition) is 0. The first-order valence-electron chi connectivity index (χ1n) is 13.8. The maximum Gasteiger partial charge on any atom is 0.581 e. The van der Waals surface area contributed by atoms with Gasteiger partial charge in [0.25, 0.3) is 0 Å². The molecule has 0 fully saturated rings. The van der Waals surface area contributed by atoms with Crippen LogP contribution in [0.15, 0.2) is 0 Å². The molecule has 418 valence electrons. The average molecular weight is 1220 g/mol. The highest BCUT2D eigenvalue weighted by atomic mass is 79.9. The summed E-state index contributed by atoms with van der Waals surface area (Å²) in [6.45, 7) is 0. The molecule has 0 heterocycles. The van der Waals surface area contributed by atoms with Gasteiger partial charge in [0, 0.05) is 4.48 Å². The molecule has 0 amide bonds. The molecule has 0 atom stereocenters. The molecule has 0 aliphatic carbocycles. The molecule has 0 aliphatic heterocycles. The molecule has 0 spiro atoms. The third kappa shape index (κ3) is 7.52. The number of halogens is 47. The van der Waals surface area contributed by atoms with Crippen molar-refractivity contribution in [3.63, 3.8) is 0 Å². The minimum absolute atomic E-state index is 0. The van der Waals surface area contributed by atoms with E-state index in [1.165, 1.54) is 0 Å². The molecule has 0 saturated heterocycles. The summed E-state index contributed by atoms with van der Waals surface area (Å²) < 4.78 is 612. The quantitative estimate of drug-likeness (QED) is 0.0774. The maximum atomic E-state index is 14.0. The summed E-state index contributed by atoms with van der Waals surface area (Å²) in [5.74, 6) is -168. The zero-order valence-electron chi connectivity index (χ0n) is 28.7. The molecule has 69 heavy (non-hydrogen) atoms. The summed E-state index contributed by atoms with van der Waals surface area (Å²) in [5.41, 5.74) is 0. The summed E-state index contributed by atoms with van der Waals surface area (Å²) >= 11 is 0. The second-order valence-corrected chi connectivity index (χ2v) is 12.3. The minimum Gasteiger partial charge on any atom is -1.00 e. The lowest BCUT2D eigenvalue weighted by molar-refractivity contribution is -1.22. The van der Waals surface area contributed by atoms with Crippen LogP contribution in [0.1, 0.15) is 0 Å². The zero-order valence-corrected chi connectivity index (χ0v) is 30.3. The van der Waals surface area contributed by atoms with Crippen molar-refractivity contribution >= 4 is 0 Å². The number of nitrogens with zero attached hydrogens (tertiary/aromatic N) is 1. The van der Waals surface area contributed by atoms with Gasteiger partial charge in [-0.15, -0.1) is 48.3 Å². The van der Waals surface area contributed by atoms with Gasteiger partial charge in [-0.2, -0.15) is 154 Å². The smallest absolute Gasteiger partial charge is 0.581 e. The van der Waals surface area contributed by atoms with Gasteiger partial charge in [-0.05, 0) is 0 Å². The second kappa shape index (κ2) is 16.1. The predicted molar refractivity (Wildman–Crippen MR) is 109 cm³/mol. The van der Waals surface area contributed by atoms with E-state index in [0.717, 1.165) is 0 Å². The Balaban J connectivity index is 0. The van der Waals surface area contributed by atoms with Crippen LogP contribution < -0.4 is 17.0 Å². The number of hydrogen-bond acceptors (Lipinski definition) is 0. The van der Waals surface area contributed by atoms with Gasteiger partial charge in [0.1, 0.15) is 0 Å². The Morgan fingerprint density at radius 3 is 0.348 bits per heavy atom. The van der Waals surface area contributed by atoms with Gasteiger partial charge in [-0.3, -0.25) is 0 Å². The van der Waals surface area contributed by atoms with Crippen molar-refractivity contribution in [2.75, 3.05) is 0 Å². The van der Waals surface area contributed by atoms with Crippen molar-refractivity contribution in [3.8, 4) is 0 Å². The lowest BCUT2D eigenvalue weighted by atomic mass is 9.82. The van der Waals surface area contributed by atoms with Crippen LogP contribution in [0.5, 0.6) is 0 Å². The third-order valence-corrected chi connectivity index (χ3v) is 8.21. The van der Waals surface area contributed by atoms with Crippen molar-refractivity contribution < 1.29 is 223 Å². The Bertz CT molecular complexity index is 1790. The number of rotatable bonds is 17. The van der Waals surface area contributed by atoms with Crippen LogP contribution in [0, 0.1) is 0 Å². The van der Waals surface area contributed by atoms with E-state index in [-0.39, 0.29) is 17.0 Å². The molecule has 0 aromatic heterocycles. The Morgan fingerprint density at radius 2 is 0.246 bits per heavy atom. The number of quaternary nitrogens is 1. The van der Waals surface area contributed by atoms with Gasteiger partial charge in [0.05, 0.1) is 0 Å². The van der Waals surface area contributed by atoms with Crippen LogP contribution >= 0.6 is 0 Å². The van der Waals surface area contributed by atoms with Gasteiger partial charge in [-0.25, -0.2) is 0 Å². The van der Waals surface area contributed by atoms with Crippen molar-refractivity contribution in [1.29, 1.82) is 0 Å². The Labute approximate surface area is 350 Å². The largest absolute Gasteiger partial charge is 1.00 e. The average Bonchev–Trinajstić information content (AvgIpc) is 3.04. The summed E-state index contributed by atoms with van der Waals surface area (Å²) in [5, 5.41) is 0.